The van der Waals surface area contributed by atoms with Crippen molar-refractivity contribution >= 4 is 8.32 Å². The molecular formula is C18H34O4Si. The fourth-order valence-electron chi connectivity index (χ4n) is 4.50. The first-order valence-electron chi connectivity index (χ1n) is 9.29. The van der Waals surface area contributed by atoms with Crippen molar-refractivity contribution in [3.8, 4) is 0 Å². The van der Waals surface area contributed by atoms with Gasteiger partial charge < -0.3 is 19.0 Å². The average molecular weight is 343 g/mol. The van der Waals surface area contributed by atoms with Crippen LogP contribution in [0.4, 0.5) is 0 Å². The first-order valence-corrected chi connectivity index (χ1v) is 12.2. The quantitative estimate of drug-likeness (QED) is 0.790. The first kappa shape index (κ1) is 17.9. The zero-order valence-corrected chi connectivity index (χ0v) is 16.4. The maximum Gasteiger partial charge on any atom is 0.195 e. The maximum absolute atomic E-state index is 9.99. The molecular weight excluding hydrogens is 308 g/mol. The van der Waals surface area contributed by atoms with E-state index in [0.717, 1.165) is 6.42 Å². The van der Waals surface area contributed by atoms with Gasteiger partial charge in [0.15, 0.2) is 20.4 Å². The van der Waals surface area contributed by atoms with Crippen LogP contribution >= 0.6 is 0 Å². The second-order valence-electron chi connectivity index (χ2n) is 9.25. The standard InChI is InChI=1S/C18H34O4Si/c1-17(2,3)23(4,5)22-16-12-20-18(21-16)10-13-8-6-7-9-14(13)15(18)11-19/h13-16,19H,6-12H2,1-5H3/t13-,14-,15+,16?,18?/m1/s1. The summed E-state index contributed by atoms with van der Waals surface area (Å²) in [7, 11) is -1.88. The fourth-order valence-corrected chi connectivity index (χ4v) is 5.63. The van der Waals surface area contributed by atoms with Gasteiger partial charge in [-0.25, -0.2) is 0 Å². The molecule has 5 heteroatoms. The van der Waals surface area contributed by atoms with Gasteiger partial charge in [0.1, 0.15) is 6.61 Å². The van der Waals surface area contributed by atoms with Crippen molar-refractivity contribution in [1.29, 1.82) is 0 Å². The fraction of sp³-hybridized carbons (Fsp3) is 1.00. The third-order valence-corrected chi connectivity index (χ3v) is 11.3. The molecule has 0 aromatic heterocycles. The average Bonchev–Trinajstić information content (AvgIpc) is 2.97. The van der Waals surface area contributed by atoms with E-state index in [-0.39, 0.29) is 23.9 Å². The summed E-state index contributed by atoms with van der Waals surface area (Å²) in [6.07, 6.45) is 5.70. The second kappa shape index (κ2) is 6.10. The van der Waals surface area contributed by atoms with Crippen LogP contribution in [-0.4, -0.2) is 38.7 Å². The third-order valence-electron chi connectivity index (χ3n) is 6.82. The van der Waals surface area contributed by atoms with Crippen LogP contribution in [0.5, 0.6) is 0 Å². The normalized spacial score (nSPS) is 41.5. The SMILES string of the molecule is CC(C)(C)[Si](C)(C)OC1COC2(C[C@H]3CCCC[C@H]3[C@@H]2CO)O1. The van der Waals surface area contributed by atoms with Gasteiger partial charge in [-0.05, 0) is 42.8 Å². The summed E-state index contributed by atoms with van der Waals surface area (Å²) < 4.78 is 19.0. The van der Waals surface area contributed by atoms with Crippen LogP contribution in [0.3, 0.4) is 0 Å². The van der Waals surface area contributed by atoms with Gasteiger partial charge in [0.25, 0.3) is 0 Å². The largest absolute Gasteiger partial charge is 0.396 e. The van der Waals surface area contributed by atoms with Crippen molar-refractivity contribution in [1.82, 2.24) is 0 Å². The smallest absolute Gasteiger partial charge is 0.195 e. The molecule has 1 aliphatic heterocycles. The van der Waals surface area contributed by atoms with E-state index < -0.39 is 14.1 Å². The van der Waals surface area contributed by atoms with Gasteiger partial charge in [-0.1, -0.05) is 33.6 Å². The van der Waals surface area contributed by atoms with Gasteiger partial charge in [0.05, 0.1) is 6.61 Å². The van der Waals surface area contributed by atoms with E-state index in [0.29, 0.717) is 18.4 Å². The highest BCUT2D eigenvalue weighted by Gasteiger charge is 2.59. The molecule has 3 fully saturated rings. The summed E-state index contributed by atoms with van der Waals surface area (Å²) in [4.78, 5) is 0. The summed E-state index contributed by atoms with van der Waals surface area (Å²) in [5.74, 6) is 0.718. The van der Waals surface area contributed by atoms with E-state index in [1.54, 1.807) is 0 Å². The van der Waals surface area contributed by atoms with Crippen LogP contribution in [0.25, 0.3) is 0 Å². The van der Waals surface area contributed by atoms with Gasteiger partial charge in [-0.15, -0.1) is 0 Å². The van der Waals surface area contributed by atoms with Crippen LogP contribution in [0.2, 0.25) is 18.1 Å². The molecule has 1 spiro atoms. The van der Waals surface area contributed by atoms with Crippen molar-refractivity contribution in [2.45, 2.75) is 83.1 Å². The number of aliphatic hydroxyl groups is 1. The van der Waals surface area contributed by atoms with Crippen LogP contribution in [0.1, 0.15) is 52.9 Å². The van der Waals surface area contributed by atoms with Gasteiger partial charge >= 0.3 is 0 Å². The highest BCUT2D eigenvalue weighted by molar-refractivity contribution is 6.74. The maximum atomic E-state index is 9.99. The number of fused-ring (bicyclic) bond motifs is 1. The lowest BCUT2D eigenvalue weighted by Gasteiger charge is -2.38. The van der Waals surface area contributed by atoms with E-state index in [2.05, 4.69) is 33.9 Å². The molecule has 0 bridgehead atoms. The molecule has 23 heavy (non-hydrogen) atoms. The van der Waals surface area contributed by atoms with Crippen LogP contribution in [0, 0.1) is 17.8 Å². The molecule has 2 unspecified atom stereocenters. The summed E-state index contributed by atoms with van der Waals surface area (Å²) in [6.45, 7) is 11.9. The number of hydrogen-bond donors (Lipinski definition) is 1. The van der Waals surface area contributed by atoms with Crippen molar-refractivity contribution in [2.24, 2.45) is 17.8 Å². The molecule has 1 heterocycles. The van der Waals surface area contributed by atoms with Gasteiger partial charge in [0, 0.05) is 12.3 Å². The minimum atomic E-state index is -1.88. The summed E-state index contributed by atoms with van der Waals surface area (Å²) in [5.41, 5.74) is 0. The van der Waals surface area contributed by atoms with Gasteiger partial charge in [0.2, 0.25) is 0 Å². The highest BCUT2D eigenvalue weighted by Crippen LogP contribution is 2.55. The number of ether oxygens (including phenoxy) is 2. The Bertz CT molecular complexity index is 433. The van der Waals surface area contributed by atoms with Crippen molar-refractivity contribution in [3.63, 3.8) is 0 Å². The Morgan fingerprint density at radius 1 is 1.22 bits per heavy atom. The Kier molecular flexibility index (Phi) is 4.73. The Labute approximate surface area is 142 Å². The lowest BCUT2D eigenvalue weighted by Crippen LogP contribution is -2.46. The van der Waals surface area contributed by atoms with Crippen molar-refractivity contribution in [3.05, 3.63) is 0 Å². The molecule has 0 aromatic rings. The minimum absolute atomic E-state index is 0.112. The lowest BCUT2D eigenvalue weighted by atomic mass is 9.78. The van der Waals surface area contributed by atoms with Gasteiger partial charge in [-0.3, -0.25) is 0 Å². The molecule has 1 N–H and O–H groups in total. The summed E-state index contributed by atoms with van der Waals surface area (Å²) in [5, 5.41) is 10.1. The number of rotatable bonds is 3. The van der Waals surface area contributed by atoms with E-state index in [1.165, 1.54) is 25.7 Å². The predicted molar refractivity (Wildman–Crippen MR) is 92.5 cm³/mol. The lowest BCUT2D eigenvalue weighted by molar-refractivity contribution is -0.224. The van der Waals surface area contributed by atoms with Gasteiger partial charge in [-0.2, -0.15) is 0 Å². The zero-order chi connectivity index (χ0) is 16.9. The Balaban J connectivity index is 1.71. The molecule has 3 aliphatic rings. The van der Waals surface area contributed by atoms with E-state index in [9.17, 15) is 5.11 Å². The Hall–Kier alpha value is 0.0569. The van der Waals surface area contributed by atoms with E-state index >= 15 is 0 Å². The second-order valence-corrected chi connectivity index (χ2v) is 14.0. The highest BCUT2D eigenvalue weighted by atomic mass is 28.4. The molecule has 3 rings (SSSR count). The van der Waals surface area contributed by atoms with Crippen LogP contribution < -0.4 is 0 Å². The number of hydrogen-bond acceptors (Lipinski definition) is 4. The van der Waals surface area contributed by atoms with Crippen molar-refractivity contribution < 1.29 is 19.0 Å². The topological polar surface area (TPSA) is 47.9 Å². The van der Waals surface area contributed by atoms with Crippen molar-refractivity contribution in [2.75, 3.05) is 13.2 Å². The molecule has 1 saturated heterocycles. The summed E-state index contributed by atoms with van der Waals surface area (Å²) >= 11 is 0. The molecule has 0 aromatic carbocycles. The molecule has 2 aliphatic carbocycles. The van der Waals surface area contributed by atoms with E-state index in [4.69, 9.17) is 13.9 Å². The monoisotopic (exact) mass is 342 g/mol. The molecule has 2 saturated carbocycles. The Morgan fingerprint density at radius 2 is 1.91 bits per heavy atom. The predicted octanol–water partition coefficient (Wildman–Crippen LogP) is 3.90. The Morgan fingerprint density at radius 3 is 2.57 bits per heavy atom. The molecule has 5 atom stereocenters. The molecule has 134 valence electrons. The van der Waals surface area contributed by atoms with Crippen LogP contribution in [-0.2, 0) is 13.9 Å². The number of aliphatic hydroxyl groups excluding tert-OH is 1. The first-order chi connectivity index (χ1) is 10.7. The molecule has 0 amide bonds. The molecule has 0 radical (unpaired) electrons. The third kappa shape index (κ3) is 3.15. The van der Waals surface area contributed by atoms with Crippen LogP contribution in [0.15, 0.2) is 0 Å². The summed E-state index contributed by atoms with van der Waals surface area (Å²) in [6, 6.07) is 0. The van der Waals surface area contributed by atoms with E-state index in [1.807, 2.05) is 0 Å². The minimum Gasteiger partial charge on any atom is -0.396 e. The molecule has 4 nitrogen and oxygen atoms in total. The zero-order valence-electron chi connectivity index (χ0n) is 15.4.